The Bertz CT molecular complexity index is 582. The first-order valence-electron chi connectivity index (χ1n) is 7.27. The molecule has 7 heteroatoms. The highest BCUT2D eigenvalue weighted by Crippen LogP contribution is 2.24. The van der Waals surface area contributed by atoms with Gasteiger partial charge in [0.2, 0.25) is 0 Å². The molecule has 0 saturated heterocycles. The molecule has 0 atom stereocenters. The Kier molecular flexibility index (Phi) is 4.77. The molecule has 0 N–H and O–H groups in total. The number of hydrogen-bond donors (Lipinski definition) is 0. The summed E-state index contributed by atoms with van der Waals surface area (Å²) in [5.74, 6) is 0.745. The largest absolute Gasteiger partial charge is 0.379 e. The molecule has 112 valence electrons. The first-order chi connectivity index (χ1) is 10.3. The molecule has 3 rings (SSSR count). The maximum absolute atomic E-state index is 5.99. The van der Waals surface area contributed by atoms with Gasteiger partial charge >= 0.3 is 0 Å². The second-order valence-corrected chi connectivity index (χ2v) is 5.65. The molecule has 1 fully saturated rings. The number of rotatable bonds is 6. The normalized spacial score (nSPS) is 15.7. The van der Waals surface area contributed by atoms with E-state index < -0.39 is 0 Å². The van der Waals surface area contributed by atoms with Gasteiger partial charge in [0.25, 0.3) is 0 Å². The molecule has 0 spiro atoms. The predicted molar refractivity (Wildman–Crippen MR) is 78.8 cm³/mol. The van der Waals surface area contributed by atoms with Crippen molar-refractivity contribution in [3.63, 3.8) is 0 Å². The fourth-order valence-electron chi connectivity index (χ4n) is 2.59. The molecule has 2 heterocycles. The van der Waals surface area contributed by atoms with Crippen LogP contribution >= 0.6 is 11.6 Å². The van der Waals surface area contributed by atoms with Crippen LogP contribution in [0.25, 0.3) is 11.4 Å². The van der Waals surface area contributed by atoms with Crippen LogP contribution in [0.5, 0.6) is 0 Å². The zero-order valence-electron chi connectivity index (χ0n) is 11.8. The summed E-state index contributed by atoms with van der Waals surface area (Å²) in [5, 5.41) is 8.47. The minimum absolute atomic E-state index is 0.335. The third kappa shape index (κ3) is 3.77. The van der Waals surface area contributed by atoms with Crippen LogP contribution in [0.4, 0.5) is 0 Å². The van der Waals surface area contributed by atoms with Crippen LogP contribution in [-0.4, -0.2) is 38.2 Å². The van der Waals surface area contributed by atoms with E-state index in [2.05, 4.69) is 20.3 Å². The SMILES string of the molecule is Clc1nccnc1-c1cn(CCOCC2CCCC2)nn1. The quantitative estimate of drug-likeness (QED) is 0.767. The molecule has 2 aromatic rings. The van der Waals surface area contributed by atoms with Gasteiger partial charge in [-0.25, -0.2) is 14.6 Å². The van der Waals surface area contributed by atoms with E-state index in [-0.39, 0.29) is 0 Å². The van der Waals surface area contributed by atoms with Gasteiger partial charge in [-0.15, -0.1) is 5.10 Å². The van der Waals surface area contributed by atoms with Gasteiger partial charge < -0.3 is 4.74 Å². The molecule has 0 radical (unpaired) electrons. The van der Waals surface area contributed by atoms with Crippen molar-refractivity contribution in [3.8, 4) is 11.4 Å². The maximum atomic E-state index is 5.99. The highest BCUT2D eigenvalue weighted by molar-refractivity contribution is 6.31. The van der Waals surface area contributed by atoms with Gasteiger partial charge in [0.1, 0.15) is 11.4 Å². The minimum atomic E-state index is 0.335. The van der Waals surface area contributed by atoms with E-state index in [9.17, 15) is 0 Å². The smallest absolute Gasteiger partial charge is 0.157 e. The van der Waals surface area contributed by atoms with Crippen LogP contribution in [0, 0.1) is 5.92 Å². The molecule has 1 aliphatic rings. The Hall–Kier alpha value is -1.53. The standard InChI is InChI=1S/C14H18ClN5O/c15-14-13(16-5-6-17-14)12-9-20(19-18-12)7-8-21-10-11-3-1-2-4-11/h5-6,9,11H,1-4,7-8,10H2. The molecule has 0 unspecified atom stereocenters. The maximum Gasteiger partial charge on any atom is 0.157 e. The molecule has 0 bridgehead atoms. The molecule has 0 aliphatic heterocycles. The Morgan fingerprint density at radius 1 is 1.24 bits per heavy atom. The van der Waals surface area contributed by atoms with Crippen molar-refractivity contribution in [1.82, 2.24) is 25.0 Å². The average molecular weight is 308 g/mol. The third-order valence-corrected chi connectivity index (χ3v) is 4.00. The highest BCUT2D eigenvalue weighted by Gasteiger charge is 2.15. The Morgan fingerprint density at radius 2 is 2.05 bits per heavy atom. The first kappa shape index (κ1) is 14.4. The molecular formula is C14H18ClN5O. The van der Waals surface area contributed by atoms with E-state index in [0.717, 1.165) is 12.5 Å². The summed E-state index contributed by atoms with van der Waals surface area (Å²) in [6, 6.07) is 0. The average Bonchev–Trinajstić information content (AvgIpc) is 3.16. The van der Waals surface area contributed by atoms with Crippen molar-refractivity contribution >= 4 is 11.6 Å². The Labute approximate surface area is 128 Å². The number of halogens is 1. The van der Waals surface area contributed by atoms with Crippen molar-refractivity contribution in [3.05, 3.63) is 23.7 Å². The summed E-state index contributed by atoms with van der Waals surface area (Å²) in [6.45, 7) is 2.18. The number of ether oxygens (including phenoxy) is 1. The Morgan fingerprint density at radius 3 is 2.86 bits per heavy atom. The van der Waals surface area contributed by atoms with E-state index in [0.29, 0.717) is 29.7 Å². The van der Waals surface area contributed by atoms with Gasteiger partial charge in [0.05, 0.1) is 19.3 Å². The summed E-state index contributed by atoms with van der Waals surface area (Å²) in [6.07, 6.45) is 10.3. The van der Waals surface area contributed by atoms with Crippen LogP contribution in [0.2, 0.25) is 5.15 Å². The molecule has 1 saturated carbocycles. The van der Waals surface area contributed by atoms with Crippen molar-refractivity contribution in [2.75, 3.05) is 13.2 Å². The van der Waals surface area contributed by atoms with E-state index in [4.69, 9.17) is 16.3 Å². The van der Waals surface area contributed by atoms with Crippen LogP contribution in [0.1, 0.15) is 25.7 Å². The van der Waals surface area contributed by atoms with Crippen LogP contribution in [0.3, 0.4) is 0 Å². The molecule has 2 aromatic heterocycles. The summed E-state index contributed by atoms with van der Waals surface area (Å²) >= 11 is 5.99. The van der Waals surface area contributed by atoms with Gasteiger partial charge in [-0.05, 0) is 18.8 Å². The summed E-state index contributed by atoms with van der Waals surface area (Å²) in [7, 11) is 0. The Balaban J connectivity index is 1.50. The fraction of sp³-hybridized carbons (Fsp3) is 0.571. The summed E-state index contributed by atoms with van der Waals surface area (Å²) in [5.41, 5.74) is 1.18. The van der Waals surface area contributed by atoms with Crippen molar-refractivity contribution < 1.29 is 4.74 Å². The molecular weight excluding hydrogens is 290 g/mol. The van der Waals surface area contributed by atoms with Gasteiger partial charge in [-0.1, -0.05) is 29.7 Å². The van der Waals surface area contributed by atoms with Gasteiger partial charge in [0.15, 0.2) is 5.15 Å². The van der Waals surface area contributed by atoms with Crippen LogP contribution in [-0.2, 0) is 11.3 Å². The lowest BCUT2D eigenvalue weighted by molar-refractivity contribution is 0.0926. The van der Waals surface area contributed by atoms with Gasteiger partial charge in [0, 0.05) is 19.0 Å². The second kappa shape index (κ2) is 6.95. The predicted octanol–water partition coefficient (Wildman–Crippen LogP) is 2.60. The zero-order valence-corrected chi connectivity index (χ0v) is 12.5. The first-order valence-corrected chi connectivity index (χ1v) is 7.65. The van der Waals surface area contributed by atoms with Gasteiger partial charge in [-0.2, -0.15) is 0 Å². The summed E-state index contributed by atoms with van der Waals surface area (Å²) in [4.78, 5) is 8.15. The summed E-state index contributed by atoms with van der Waals surface area (Å²) < 4.78 is 7.46. The highest BCUT2D eigenvalue weighted by atomic mass is 35.5. The van der Waals surface area contributed by atoms with Crippen molar-refractivity contribution in [2.45, 2.75) is 32.2 Å². The van der Waals surface area contributed by atoms with Gasteiger partial charge in [-0.3, -0.25) is 0 Å². The lowest BCUT2D eigenvalue weighted by atomic mass is 10.1. The number of nitrogens with zero attached hydrogens (tertiary/aromatic N) is 5. The van der Waals surface area contributed by atoms with Crippen molar-refractivity contribution in [1.29, 1.82) is 0 Å². The lowest BCUT2D eigenvalue weighted by Crippen LogP contribution is -2.11. The fourth-order valence-corrected chi connectivity index (χ4v) is 2.80. The molecule has 21 heavy (non-hydrogen) atoms. The topological polar surface area (TPSA) is 65.7 Å². The van der Waals surface area contributed by atoms with E-state index >= 15 is 0 Å². The minimum Gasteiger partial charge on any atom is -0.379 e. The monoisotopic (exact) mass is 307 g/mol. The molecule has 0 aromatic carbocycles. The van der Waals surface area contributed by atoms with Crippen LogP contribution in [0.15, 0.2) is 18.6 Å². The van der Waals surface area contributed by atoms with Crippen LogP contribution < -0.4 is 0 Å². The number of aromatic nitrogens is 5. The molecule has 6 nitrogen and oxygen atoms in total. The second-order valence-electron chi connectivity index (χ2n) is 5.29. The van der Waals surface area contributed by atoms with E-state index in [1.165, 1.54) is 25.7 Å². The van der Waals surface area contributed by atoms with E-state index in [1.807, 2.05) is 6.20 Å². The lowest BCUT2D eigenvalue weighted by Gasteiger charge is -2.09. The van der Waals surface area contributed by atoms with Crippen molar-refractivity contribution in [2.24, 2.45) is 5.92 Å². The van der Waals surface area contributed by atoms with E-state index in [1.54, 1.807) is 17.1 Å². The molecule has 0 amide bonds. The third-order valence-electron chi connectivity index (χ3n) is 3.73. The number of hydrogen-bond acceptors (Lipinski definition) is 5. The molecule has 1 aliphatic carbocycles. The zero-order chi connectivity index (χ0) is 14.5.